The standard InChI is InChI=1S/C35H32F2N10O2/c1-44-29-6-3-11-45(16-20-7-8-20)35(48)30-13-22(49-31-14-27(38-18-39-31)23-4-2-5-26(43-44)32(23)29)17-46(30)33-24-15-42-47(34(24)41-19-40-33)28-10-9-21(36)12-25(28)37/h2,4-5,9-10,12,14-15,18-20,22,30H,3,6-8,11,13,16-17H2,1H3/t22-,30-/m0/s1. The van der Waals surface area contributed by atoms with Gasteiger partial charge in [-0.15, -0.1) is 0 Å². The third-order valence-corrected chi connectivity index (χ3v) is 9.82. The molecule has 4 bridgehead atoms. The first-order valence-corrected chi connectivity index (χ1v) is 16.5. The molecule has 9 rings (SSSR count). The normalized spacial score (nSPS) is 19.7. The van der Waals surface area contributed by atoms with Crippen LogP contribution in [-0.2, 0) is 18.3 Å². The molecule has 2 atom stereocenters. The van der Waals surface area contributed by atoms with E-state index >= 15 is 0 Å². The predicted molar refractivity (Wildman–Crippen MR) is 176 cm³/mol. The van der Waals surface area contributed by atoms with Crippen LogP contribution in [0, 0.1) is 17.6 Å². The molecule has 6 heterocycles. The Kier molecular flexibility index (Phi) is 6.99. The van der Waals surface area contributed by atoms with Gasteiger partial charge in [-0.25, -0.2) is 33.4 Å². The molecule has 1 saturated carbocycles. The highest BCUT2D eigenvalue weighted by atomic mass is 19.1. The van der Waals surface area contributed by atoms with Crippen molar-refractivity contribution >= 4 is 33.7 Å². The number of nitrogens with zero attached hydrogens (tertiary/aromatic N) is 10. The molecule has 3 aliphatic rings. The summed E-state index contributed by atoms with van der Waals surface area (Å²) < 4.78 is 38.3. The van der Waals surface area contributed by atoms with Crippen molar-refractivity contribution in [1.29, 1.82) is 0 Å². The lowest BCUT2D eigenvalue weighted by Crippen LogP contribution is -2.47. The second-order valence-corrected chi connectivity index (χ2v) is 13.1. The number of carbonyl (C=O) groups excluding carboxylic acids is 1. The van der Waals surface area contributed by atoms with E-state index in [2.05, 4.69) is 25.0 Å². The largest absolute Gasteiger partial charge is 0.472 e. The highest BCUT2D eigenvalue weighted by Crippen LogP contribution is 2.37. The summed E-state index contributed by atoms with van der Waals surface area (Å²) >= 11 is 0. The van der Waals surface area contributed by atoms with Gasteiger partial charge < -0.3 is 14.5 Å². The molecule has 0 N–H and O–H groups in total. The Morgan fingerprint density at radius 1 is 1.02 bits per heavy atom. The Morgan fingerprint density at radius 2 is 1.90 bits per heavy atom. The molecule has 1 saturated heterocycles. The van der Waals surface area contributed by atoms with Crippen LogP contribution in [0.5, 0.6) is 5.88 Å². The maximum atomic E-state index is 14.8. The van der Waals surface area contributed by atoms with E-state index in [1.807, 2.05) is 45.8 Å². The summed E-state index contributed by atoms with van der Waals surface area (Å²) in [4.78, 5) is 36.7. The van der Waals surface area contributed by atoms with Gasteiger partial charge in [-0.05, 0) is 49.8 Å². The number of fused-ring (bicyclic) bond motifs is 6. The quantitative estimate of drug-likeness (QED) is 0.266. The smallest absolute Gasteiger partial charge is 0.245 e. The highest BCUT2D eigenvalue weighted by Gasteiger charge is 2.43. The van der Waals surface area contributed by atoms with Gasteiger partial charge in [0.25, 0.3) is 0 Å². The van der Waals surface area contributed by atoms with Crippen molar-refractivity contribution in [2.75, 3.05) is 24.5 Å². The summed E-state index contributed by atoms with van der Waals surface area (Å²) in [5, 5.41) is 10.8. The van der Waals surface area contributed by atoms with Gasteiger partial charge in [-0.3, -0.25) is 9.48 Å². The minimum Gasteiger partial charge on any atom is -0.472 e. The van der Waals surface area contributed by atoms with Crippen LogP contribution in [0.15, 0.2) is 61.3 Å². The second-order valence-electron chi connectivity index (χ2n) is 13.1. The number of amides is 1. The number of benzene rings is 2. The van der Waals surface area contributed by atoms with Gasteiger partial charge in [-0.1, -0.05) is 12.1 Å². The summed E-state index contributed by atoms with van der Waals surface area (Å²) in [7, 11) is 1.96. The van der Waals surface area contributed by atoms with Crippen LogP contribution in [0.1, 0.15) is 31.4 Å². The van der Waals surface area contributed by atoms with Gasteiger partial charge in [0.1, 0.15) is 42.1 Å². The molecule has 0 radical (unpaired) electrons. The summed E-state index contributed by atoms with van der Waals surface area (Å²) in [6, 6.07) is 10.6. The van der Waals surface area contributed by atoms with E-state index in [1.54, 1.807) is 6.20 Å². The molecule has 1 amide bonds. The lowest BCUT2D eigenvalue weighted by atomic mass is 10.0. The summed E-state index contributed by atoms with van der Waals surface area (Å²) in [5.41, 5.74) is 4.06. The number of aromatic nitrogens is 8. The number of carbonyl (C=O) groups is 1. The first-order chi connectivity index (χ1) is 23.9. The van der Waals surface area contributed by atoms with Crippen LogP contribution in [0.25, 0.3) is 38.9 Å². The second kappa shape index (κ2) is 11.6. The van der Waals surface area contributed by atoms with Crippen LogP contribution < -0.4 is 9.64 Å². The molecule has 12 nitrogen and oxygen atoms in total. The monoisotopic (exact) mass is 662 g/mol. The van der Waals surface area contributed by atoms with Crippen molar-refractivity contribution in [2.24, 2.45) is 13.0 Å². The molecule has 49 heavy (non-hydrogen) atoms. The van der Waals surface area contributed by atoms with E-state index in [0.717, 1.165) is 59.6 Å². The third kappa shape index (κ3) is 5.22. The number of ether oxygens (including phenoxy) is 1. The van der Waals surface area contributed by atoms with Gasteiger partial charge in [-0.2, -0.15) is 10.2 Å². The molecule has 4 aromatic heterocycles. The molecule has 2 aromatic carbocycles. The number of halogens is 2. The number of rotatable bonds is 4. The Labute approximate surface area is 279 Å². The molecular formula is C35H32F2N10O2. The lowest BCUT2D eigenvalue weighted by Gasteiger charge is -2.31. The van der Waals surface area contributed by atoms with E-state index in [0.29, 0.717) is 54.7 Å². The molecule has 1 aliphatic carbocycles. The van der Waals surface area contributed by atoms with Gasteiger partial charge in [0.15, 0.2) is 11.5 Å². The minimum absolute atomic E-state index is 0.00975. The van der Waals surface area contributed by atoms with E-state index in [1.165, 1.54) is 29.5 Å². The van der Waals surface area contributed by atoms with Gasteiger partial charge in [0.05, 0.1) is 29.3 Å². The molecule has 14 heteroatoms. The zero-order valence-electron chi connectivity index (χ0n) is 26.7. The number of anilines is 1. The summed E-state index contributed by atoms with van der Waals surface area (Å²) in [5.74, 6) is -0.0600. The highest BCUT2D eigenvalue weighted by molar-refractivity contribution is 5.96. The Balaban J connectivity index is 1.13. The van der Waals surface area contributed by atoms with Crippen LogP contribution in [0.2, 0.25) is 0 Å². The maximum absolute atomic E-state index is 14.8. The van der Waals surface area contributed by atoms with Crippen molar-refractivity contribution in [3.8, 4) is 22.8 Å². The number of aryl methyl sites for hydroxylation is 2. The SMILES string of the molecule is Cn1nc2cccc3c2c1CCCN(CC1CC1)C(=O)[C@@H]1C[C@@H](CN1c1ncnc2c1cnn2-c1ccc(F)cc1F)Oc1cc-3ncn1. The third-order valence-electron chi connectivity index (χ3n) is 9.82. The fourth-order valence-corrected chi connectivity index (χ4v) is 7.33. The average molecular weight is 663 g/mol. The Hall–Kier alpha value is -5.53. The fraction of sp³-hybridized carbons (Fsp3) is 0.343. The molecule has 0 spiro atoms. The van der Waals surface area contributed by atoms with Crippen LogP contribution >= 0.6 is 0 Å². The first kappa shape index (κ1) is 29.6. The molecule has 2 aliphatic heterocycles. The van der Waals surface area contributed by atoms with Gasteiger partial charge in [0.2, 0.25) is 11.8 Å². The van der Waals surface area contributed by atoms with Crippen LogP contribution in [-0.4, -0.2) is 82.1 Å². The van der Waals surface area contributed by atoms with Crippen molar-refractivity contribution in [2.45, 2.75) is 44.2 Å². The van der Waals surface area contributed by atoms with E-state index in [-0.39, 0.29) is 11.6 Å². The Morgan fingerprint density at radius 3 is 2.76 bits per heavy atom. The zero-order valence-corrected chi connectivity index (χ0v) is 26.7. The maximum Gasteiger partial charge on any atom is 0.245 e. The van der Waals surface area contributed by atoms with E-state index in [4.69, 9.17) is 9.84 Å². The predicted octanol–water partition coefficient (Wildman–Crippen LogP) is 4.65. The van der Waals surface area contributed by atoms with Crippen LogP contribution in [0.4, 0.5) is 14.6 Å². The van der Waals surface area contributed by atoms with Crippen LogP contribution in [0.3, 0.4) is 0 Å². The first-order valence-electron chi connectivity index (χ1n) is 16.5. The van der Waals surface area contributed by atoms with Gasteiger partial charge >= 0.3 is 0 Å². The molecule has 2 fully saturated rings. The molecule has 248 valence electrons. The average Bonchev–Trinajstić information content (AvgIpc) is 3.51. The van der Waals surface area contributed by atoms with E-state index in [9.17, 15) is 13.6 Å². The summed E-state index contributed by atoms with van der Waals surface area (Å²) in [6.07, 6.45) is 8.16. The minimum atomic E-state index is -0.768. The molecular weight excluding hydrogens is 630 g/mol. The number of hydrogen-bond acceptors (Lipinski definition) is 9. The van der Waals surface area contributed by atoms with Crippen molar-refractivity contribution in [3.05, 3.63) is 78.6 Å². The lowest BCUT2D eigenvalue weighted by molar-refractivity contribution is -0.133. The fourth-order valence-electron chi connectivity index (χ4n) is 7.33. The van der Waals surface area contributed by atoms with E-state index < -0.39 is 23.8 Å². The molecule has 0 unspecified atom stereocenters. The van der Waals surface area contributed by atoms with Crippen molar-refractivity contribution in [3.63, 3.8) is 0 Å². The number of hydrogen-bond donors (Lipinski definition) is 0. The zero-order chi connectivity index (χ0) is 33.2. The summed E-state index contributed by atoms with van der Waals surface area (Å²) in [6.45, 7) is 1.63. The van der Waals surface area contributed by atoms with Crippen molar-refractivity contribution in [1.82, 2.24) is 44.4 Å². The molecule has 6 aromatic rings. The topological polar surface area (TPSA) is 120 Å². The van der Waals surface area contributed by atoms with Crippen molar-refractivity contribution < 1.29 is 18.3 Å². The Bertz CT molecular complexity index is 2250. The van der Waals surface area contributed by atoms with Gasteiger partial charge in [0, 0.05) is 55.3 Å².